The zero-order valence-electron chi connectivity index (χ0n) is 11.0. The van der Waals surface area contributed by atoms with Gasteiger partial charge in [-0.25, -0.2) is 13.1 Å². The van der Waals surface area contributed by atoms with Crippen molar-refractivity contribution in [3.05, 3.63) is 0 Å². The van der Waals surface area contributed by atoms with Crippen molar-refractivity contribution in [2.24, 2.45) is 5.41 Å². The predicted octanol–water partition coefficient (Wildman–Crippen LogP) is 2.14. The molecule has 0 radical (unpaired) electrons. The molecule has 4 nitrogen and oxygen atoms in total. The molecule has 0 saturated carbocycles. The fraction of sp³-hybridized carbons (Fsp3) is 1.00. The Kier molecular flexibility index (Phi) is 8.63. The van der Waals surface area contributed by atoms with E-state index in [4.69, 9.17) is 4.74 Å². The Balaban J connectivity index is 4.24. The Morgan fingerprint density at radius 3 is 2.24 bits per heavy atom. The Bertz CT molecular complexity index is 281. The molecule has 0 aliphatic carbocycles. The summed E-state index contributed by atoms with van der Waals surface area (Å²) in [6.45, 7) is 7.30. The van der Waals surface area contributed by atoms with Gasteiger partial charge >= 0.3 is 0 Å². The molecule has 0 fully saturated rings. The highest BCUT2D eigenvalue weighted by atomic mass is 79.9. The molecule has 0 aromatic carbocycles. The van der Waals surface area contributed by atoms with Crippen LogP contribution in [0.15, 0.2) is 0 Å². The van der Waals surface area contributed by atoms with E-state index in [-0.39, 0.29) is 17.8 Å². The monoisotopic (exact) mass is 329 g/mol. The van der Waals surface area contributed by atoms with Crippen LogP contribution in [-0.2, 0) is 14.8 Å². The highest BCUT2D eigenvalue weighted by Crippen LogP contribution is 2.27. The number of rotatable bonds is 10. The van der Waals surface area contributed by atoms with Crippen LogP contribution in [0, 0.1) is 5.41 Å². The molecule has 0 saturated heterocycles. The molecule has 0 aromatic rings. The van der Waals surface area contributed by atoms with Crippen LogP contribution >= 0.6 is 15.9 Å². The maximum Gasteiger partial charge on any atom is 0.213 e. The SMILES string of the molecule is CCOCCS(=O)(=O)NCC(CC)(CC)CBr. The van der Waals surface area contributed by atoms with Gasteiger partial charge in [-0.3, -0.25) is 0 Å². The van der Waals surface area contributed by atoms with Gasteiger partial charge in [-0.1, -0.05) is 29.8 Å². The second kappa shape index (κ2) is 8.45. The van der Waals surface area contributed by atoms with Gasteiger partial charge in [0.25, 0.3) is 0 Å². The van der Waals surface area contributed by atoms with E-state index in [0.717, 1.165) is 18.2 Å². The van der Waals surface area contributed by atoms with Crippen LogP contribution in [0.2, 0.25) is 0 Å². The molecule has 6 heteroatoms. The van der Waals surface area contributed by atoms with Gasteiger partial charge in [0.2, 0.25) is 10.0 Å². The minimum absolute atomic E-state index is 0.0126. The Hall–Kier alpha value is 0.350. The highest BCUT2D eigenvalue weighted by Gasteiger charge is 2.26. The van der Waals surface area contributed by atoms with Crippen molar-refractivity contribution in [2.45, 2.75) is 33.6 Å². The van der Waals surface area contributed by atoms with E-state index in [1.54, 1.807) is 0 Å². The topological polar surface area (TPSA) is 55.4 Å². The maximum absolute atomic E-state index is 11.7. The Morgan fingerprint density at radius 1 is 1.24 bits per heavy atom. The average Bonchev–Trinajstić information content (AvgIpc) is 2.32. The number of hydrogen-bond donors (Lipinski definition) is 1. The normalized spacial score (nSPS) is 12.9. The van der Waals surface area contributed by atoms with Gasteiger partial charge in [0.15, 0.2) is 0 Å². The number of nitrogens with one attached hydrogen (secondary N) is 1. The van der Waals surface area contributed by atoms with Gasteiger partial charge < -0.3 is 4.74 Å². The molecule has 0 aliphatic heterocycles. The molecule has 0 rings (SSSR count). The summed E-state index contributed by atoms with van der Waals surface area (Å²) in [5.74, 6) is 0.0344. The van der Waals surface area contributed by atoms with E-state index in [1.807, 2.05) is 6.92 Å². The van der Waals surface area contributed by atoms with E-state index in [9.17, 15) is 8.42 Å². The first-order valence-electron chi connectivity index (χ1n) is 6.06. The first-order chi connectivity index (χ1) is 7.95. The molecule has 104 valence electrons. The summed E-state index contributed by atoms with van der Waals surface area (Å²) < 4.78 is 31.1. The van der Waals surface area contributed by atoms with E-state index in [1.165, 1.54) is 0 Å². The third-order valence-electron chi connectivity index (χ3n) is 3.15. The lowest BCUT2D eigenvalue weighted by Gasteiger charge is -2.29. The van der Waals surface area contributed by atoms with Gasteiger partial charge in [-0.05, 0) is 25.2 Å². The number of alkyl halides is 1. The molecular weight excluding hydrogens is 306 g/mol. The predicted molar refractivity (Wildman–Crippen MR) is 75.1 cm³/mol. The molecule has 0 spiro atoms. The fourth-order valence-corrected chi connectivity index (χ4v) is 3.38. The Labute approximate surface area is 114 Å². The van der Waals surface area contributed by atoms with Gasteiger partial charge in [0.05, 0.1) is 12.4 Å². The summed E-state index contributed by atoms with van der Waals surface area (Å²) in [5, 5.41) is 0.807. The lowest BCUT2D eigenvalue weighted by Crippen LogP contribution is -2.39. The van der Waals surface area contributed by atoms with E-state index < -0.39 is 10.0 Å². The summed E-state index contributed by atoms with van der Waals surface area (Å²) in [6.07, 6.45) is 1.89. The van der Waals surface area contributed by atoms with Gasteiger partial charge in [0, 0.05) is 18.5 Å². The van der Waals surface area contributed by atoms with Crippen LogP contribution in [0.1, 0.15) is 33.6 Å². The zero-order chi connectivity index (χ0) is 13.4. The van der Waals surface area contributed by atoms with Crippen LogP contribution in [0.4, 0.5) is 0 Å². The standard InChI is InChI=1S/C11H24BrNO3S/c1-4-11(5-2,9-12)10-13-17(14,15)8-7-16-6-3/h13H,4-10H2,1-3H3. The van der Waals surface area contributed by atoms with Crippen LogP contribution < -0.4 is 4.72 Å². The van der Waals surface area contributed by atoms with Gasteiger partial charge in [-0.2, -0.15) is 0 Å². The lowest BCUT2D eigenvalue weighted by atomic mass is 9.85. The summed E-state index contributed by atoms with van der Waals surface area (Å²) in [5.41, 5.74) is 0.0126. The van der Waals surface area contributed by atoms with Crippen LogP contribution in [0.5, 0.6) is 0 Å². The first-order valence-corrected chi connectivity index (χ1v) is 8.83. The summed E-state index contributed by atoms with van der Waals surface area (Å²) in [6, 6.07) is 0. The third-order valence-corrected chi connectivity index (χ3v) is 5.63. The summed E-state index contributed by atoms with van der Waals surface area (Å²) in [4.78, 5) is 0. The van der Waals surface area contributed by atoms with Crippen molar-refractivity contribution in [3.8, 4) is 0 Å². The molecular formula is C11H24BrNO3S. The first kappa shape index (κ1) is 17.4. The van der Waals surface area contributed by atoms with Gasteiger partial charge in [-0.15, -0.1) is 0 Å². The summed E-state index contributed by atoms with van der Waals surface area (Å²) in [7, 11) is -3.21. The van der Waals surface area contributed by atoms with Crippen LogP contribution in [0.25, 0.3) is 0 Å². The quantitative estimate of drug-likeness (QED) is 0.493. The molecule has 0 heterocycles. The second-order valence-corrected chi connectivity index (χ2v) is 6.66. The second-order valence-electron chi connectivity index (χ2n) is 4.18. The molecule has 0 bridgehead atoms. The van der Waals surface area contributed by atoms with Crippen molar-refractivity contribution in [1.29, 1.82) is 0 Å². The van der Waals surface area contributed by atoms with Crippen molar-refractivity contribution < 1.29 is 13.2 Å². The van der Waals surface area contributed by atoms with Crippen LogP contribution in [0.3, 0.4) is 0 Å². The average molecular weight is 330 g/mol. The van der Waals surface area contributed by atoms with Crippen molar-refractivity contribution in [3.63, 3.8) is 0 Å². The fourth-order valence-electron chi connectivity index (χ4n) is 1.38. The van der Waals surface area contributed by atoms with Gasteiger partial charge in [0.1, 0.15) is 0 Å². The molecule has 0 unspecified atom stereocenters. The molecule has 0 aromatic heterocycles. The number of hydrogen-bond acceptors (Lipinski definition) is 3. The zero-order valence-corrected chi connectivity index (χ0v) is 13.4. The van der Waals surface area contributed by atoms with E-state index in [2.05, 4.69) is 34.5 Å². The minimum atomic E-state index is -3.21. The highest BCUT2D eigenvalue weighted by molar-refractivity contribution is 9.09. The van der Waals surface area contributed by atoms with E-state index in [0.29, 0.717) is 13.2 Å². The lowest BCUT2D eigenvalue weighted by molar-refractivity contribution is 0.163. The van der Waals surface area contributed by atoms with Crippen molar-refractivity contribution >= 4 is 26.0 Å². The summed E-state index contributed by atoms with van der Waals surface area (Å²) >= 11 is 3.47. The van der Waals surface area contributed by atoms with E-state index >= 15 is 0 Å². The smallest absolute Gasteiger partial charge is 0.213 e. The van der Waals surface area contributed by atoms with Crippen LogP contribution in [-0.4, -0.2) is 39.3 Å². The maximum atomic E-state index is 11.7. The number of sulfonamides is 1. The number of halogens is 1. The minimum Gasteiger partial charge on any atom is -0.381 e. The molecule has 0 atom stereocenters. The molecule has 17 heavy (non-hydrogen) atoms. The third kappa shape index (κ3) is 6.74. The Morgan fingerprint density at radius 2 is 1.82 bits per heavy atom. The number of ether oxygens (including phenoxy) is 1. The molecule has 1 N–H and O–H groups in total. The molecule has 0 aliphatic rings. The molecule has 0 amide bonds. The largest absolute Gasteiger partial charge is 0.381 e. The van der Waals surface area contributed by atoms with Crippen molar-refractivity contribution in [1.82, 2.24) is 4.72 Å². The van der Waals surface area contributed by atoms with Crippen molar-refractivity contribution in [2.75, 3.05) is 30.8 Å².